The molecule has 1 aliphatic rings. The maximum Gasteiger partial charge on any atom is 0.127 e. The minimum atomic E-state index is -0.126. The molecule has 0 spiro atoms. The second-order valence-corrected chi connectivity index (χ2v) is 6.87. The summed E-state index contributed by atoms with van der Waals surface area (Å²) in [6.07, 6.45) is 2.16. The summed E-state index contributed by atoms with van der Waals surface area (Å²) in [5.41, 5.74) is 2.03. The van der Waals surface area contributed by atoms with Crippen LogP contribution in [-0.2, 0) is 4.74 Å². The summed E-state index contributed by atoms with van der Waals surface area (Å²) in [6.45, 7) is 5.90. The number of benzene rings is 1. The van der Waals surface area contributed by atoms with Crippen molar-refractivity contribution in [3.63, 3.8) is 0 Å². The number of halogens is 2. The van der Waals surface area contributed by atoms with Gasteiger partial charge in [-0.2, -0.15) is 0 Å². The summed E-state index contributed by atoms with van der Waals surface area (Å²) in [6, 6.07) is 6.17. The molecule has 2 atom stereocenters. The Morgan fingerprint density at radius 3 is 2.67 bits per heavy atom. The van der Waals surface area contributed by atoms with E-state index < -0.39 is 0 Å². The lowest BCUT2D eigenvalue weighted by atomic mass is 9.92. The van der Waals surface area contributed by atoms with Gasteiger partial charge in [-0.15, -0.1) is 11.6 Å². The molecule has 114 valence electrons. The molecule has 2 unspecified atom stereocenters. The first-order valence-electron chi connectivity index (χ1n) is 7.47. The van der Waals surface area contributed by atoms with Crippen LogP contribution in [0, 0.1) is 5.92 Å². The maximum absolute atomic E-state index is 6.36. The van der Waals surface area contributed by atoms with Gasteiger partial charge >= 0.3 is 0 Å². The maximum atomic E-state index is 6.36. The van der Waals surface area contributed by atoms with E-state index in [9.17, 15) is 0 Å². The third-order valence-corrected chi connectivity index (χ3v) is 4.82. The highest BCUT2D eigenvalue weighted by molar-refractivity contribution is 6.31. The highest BCUT2D eigenvalue weighted by Crippen LogP contribution is 2.35. The third kappa shape index (κ3) is 2.92. The first kappa shape index (κ1) is 15.1. The van der Waals surface area contributed by atoms with Crippen molar-refractivity contribution in [3.05, 3.63) is 29.0 Å². The Labute approximate surface area is 135 Å². The molecule has 0 radical (unpaired) electrons. The molecular weight excluding hydrogens is 307 g/mol. The summed E-state index contributed by atoms with van der Waals surface area (Å²) in [7, 11) is 0. The summed E-state index contributed by atoms with van der Waals surface area (Å²) in [5, 5.41) is 0.607. The Morgan fingerprint density at radius 1 is 1.29 bits per heavy atom. The normalized spacial score (nSPS) is 19.8. The molecule has 1 aliphatic heterocycles. The number of aromatic nitrogens is 2. The monoisotopic (exact) mass is 326 g/mol. The van der Waals surface area contributed by atoms with Crippen molar-refractivity contribution in [2.75, 3.05) is 13.2 Å². The molecule has 0 bridgehead atoms. The third-order valence-electron chi connectivity index (χ3n) is 4.39. The van der Waals surface area contributed by atoms with E-state index in [2.05, 4.69) is 11.5 Å². The molecule has 0 aliphatic carbocycles. The summed E-state index contributed by atoms with van der Waals surface area (Å²) in [4.78, 5) is 4.71. The minimum Gasteiger partial charge on any atom is -0.381 e. The topological polar surface area (TPSA) is 27.1 Å². The van der Waals surface area contributed by atoms with Crippen LogP contribution in [0.25, 0.3) is 11.0 Å². The summed E-state index contributed by atoms with van der Waals surface area (Å²) in [5.74, 6) is 1.51. The zero-order valence-electron chi connectivity index (χ0n) is 12.4. The van der Waals surface area contributed by atoms with Gasteiger partial charge in [0.25, 0.3) is 0 Å². The minimum absolute atomic E-state index is 0.126. The van der Waals surface area contributed by atoms with Gasteiger partial charge in [0.15, 0.2) is 0 Å². The van der Waals surface area contributed by atoms with Crippen molar-refractivity contribution in [1.82, 2.24) is 9.55 Å². The number of rotatable bonds is 3. The SMILES string of the molecule is CC(Cl)c1nc2ccc(Cl)cc2n1C(C)C1CCOCC1. The Balaban J connectivity index is 2.09. The summed E-state index contributed by atoms with van der Waals surface area (Å²) < 4.78 is 7.75. The van der Waals surface area contributed by atoms with Crippen molar-refractivity contribution < 1.29 is 4.74 Å². The number of nitrogens with zero attached hydrogens (tertiary/aromatic N) is 2. The molecule has 1 fully saturated rings. The van der Waals surface area contributed by atoms with Gasteiger partial charge in [0.05, 0.1) is 16.4 Å². The van der Waals surface area contributed by atoms with Crippen molar-refractivity contribution in [1.29, 1.82) is 0 Å². The van der Waals surface area contributed by atoms with Gasteiger partial charge in [-0.1, -0.05) is 11.6 Å². The quantitative estimate of drug-likeness (QED) is 0.744. The van der Waals surface area contributed by atoms with Crippen LogP contribution in [0.1, 0.15) is 43.9 Å². The van der Waals surface area contributed by atoms with Crippen LogP contribution in [0.3, 0.4) is 0 Å². The van der Waals surface area contributed by atoms with Crippen LogP contribution in [0.15, 0.2) is 18.2 Å². The van der Waals surface area contributed by atoms with Gasteiger partial charge in [0, 0.05) is 24.3 Å². The van der Waals surface area contributed by atoms with Crippen LogP contribution in [-0.4, -0.2) is 22.8 Å². The van der Waals surface area contributed by atoms with Crippen molar-refractivity contribution >= 4 is 34.2 Å². The number of imidazole rings is 1. The molecule has 1 saturated heterocycles. The molecule has 5 heteroatoms. The fourth-order valence-corrected chi connectivity index (χ4v) is 3.52. The molecule has 0 amide bonds. The predicted molar refractivity (Wildman–Crippen MR) is 87.3 cm³/mol. The Kier molecular flexibility index (Phi) is 4.43. The van der Waals surface area contributed by atoms with E-state index in [1.54, 1.807) is 0 Å². The van der Waals surface area contributed by atoms with Crippen LogP contribution in [0.4, 0.5) is 0 Å². The molecule has 2 aromatic rings. The van der Waals surface area contributed by atoms with Crippen molar-refractivity contribution in [2.45, 2.75) is 38.1 Å². The van der Waals surface area contributed by atoms with Crippen molar-refractivity contribution in [3.8, 4) is 0 Å². The van der Waals surface area contributed by atoms with Gasteiger partial charge in [-0.05, 0) is 50.8 Å². The molecule has 3 nitrogen and oxygen atoms in total. The zero-order valence-corrected chi connectivity index (χ0v) is 13.9. The fourth-order valence-electron chi connectivity index (χ4n) is 3.20. The van der Waals surface area contributed by atoms with E-state index in [0.717, 1.165) is 47.9 Å². The highest BCUT2D eigenvalue weighted by Gasteiger charge is 2.26. The van der Waals surface area contributed by atoms with E-state index >= 15 is 0 Å². The first-order valence-corrected chi connectivity index (χ1v) is 8.28. The number of ether oxygens (including phenoxy) is 1. The van der Waals surface area contributed by atoms with Gasteiger partial charge < -0.3 is 9.30 Å². The molecule has 3 rings (SSSR count). The lowest BCUT2D eigenvalue weighted by Gasteiger charge is -2.30. The lowest BCUT2D eigenvalue weighted by Crippen LogP contribution is -2.25. The second-order valence-electron chi connectivity index (χ2n) is 5.78. The van der Waals surface area contributed by atoms with Gasteiger partial charge in [0.2, 0.25) is 0 Å². The van der Waals surface area contributed by atoms with Gasteiger partial charge in [-0.3, -0.25) is 0 Å². The number of alkyl halides is 1. The highest BCUT2D eigenvalue weighted by atomic mass is 35.5. The largest absolute Gasteiger partial charge is 0.381 e. The fraction of sp³-hybridized carbons (Fsp3) is 0.562. The molecule has 0 N–H and O–H groups in total. The average Bonchev–Trinajstić information content (AvgIpc) is 2.86. The van der Waals surface area contributed by atoms with Crippen LogP contribution < -0.4 is 0 Å². The van der Waals surface area contributed by atoms with Crippen molar-refractivity contribution in [2.24, 2.45) is 5.92 Å². The number of hydrogen-bond acceptors (Lipinski definition) is 2. The first-order chi connectivity index (χ1) is 10.1. The van der Waals surface area contributed by atoms with Crippen LogP contribution in [0.2, 0.25) is 5.02 Å². The molecule has 2 heterocycles. The lowest BCUT2D eigenvalue weighted by molar-refractivity contribution is 0.0515. The average molecular weight is 327 g/mol. The van der Waals surface area contributed by atoms with Crippen LogP contribution in [0.5, 0.6) is 0 Å². The van der Waals surface area contributed by atoms with E-state index in [1.165, 1.54) is 0 Å². The predicted octanol–water partition coefficient (Wildman–Crippen LogP) is 4.98. The Morgan fingerprint density at radius 2 is 2.00 bits per heavy atom. The second kappa shape index (κ2) is 6.15. The Bertz CT molecular complexity index is 632. The molecule has 21 heavy (non-hydrogen) atoms. The Hall–Kier alpha value is -0.770. The standard InChI is InChI=1S/C16H20Cl2N2O/c1-10(17)16-19-14-4-3-13(18)9-15(14)20(16)11(2)12-5-7-21-8-6-12/h3-4,9-12H,5-8H2,1-2H3. The van der Waals surface area contributed by atoms with E-state index in [0.29, 0.717) is 12.0 Å². The van der Waals surface area contributed by atoms with Crippen LogP contribution >= 0.6 is 23.2 Å². The molecular formula is C16H20Cl2N2O. The van der Waals surface area contributed by atoms with Gasteiger partial charge in [0.1, 0.15) is 5.82 Å². The van der Waals surface area contributed by atoms with Gasteiger partial charge in [-0.25, -0.2) is 4.98 Å². The summed E-state index contributed by atoms with van der Waals surface area (Å²) >= 11 is 12.5. The van der Waals surface area contributed by atoms with E-state index in [1.807, 2.05) is 25.1 Å². The molecule has 0 saturated carbocycles. The molecule has 1 aromatic carbocycles. The smallest absolute Gasteiger partial charge is 0.127 e. The molecule has 1 aromatic heterocycles. The zero-order chi connectivity index (χ0) is 15.0. The number of fused-ring (bicyclic) bond motifs is 1. The van der Waals surface area contributed by atoms with E-state index in [-0.39, 0.29) is 5.38 Å². The number of hydrogen-bond donors (Lipinski definition) is 0. The van der Waals surface area contributed by atoms with E-state index in [4.69, 9.17) is 32.9 Å².